The molecule has 3 rings (SSSR count). The van der Waals surface area contributed by atoms with Crippen LogP contribution in [0, 0.1) is 17.7 Å². The molecule has 5 nitrogen and oxygen atoms in total. The number of carboxylic acids is 1. The summed E-state index contributed by atoms with van der Waals surface area (Å²) in [5.41, 5.74) is 0.446. The standard InChI is InChI=1S/C17H16FNO4/c18-11-7-5-10(6-8-11)14(9-15(20)21)19-16(22)12-3-1-2-4-13(12)17(19)23/h1-2,5-8,12-14H,3-4,9H2,(H,20,21). The highest BCUT2D eigenvalue weighted by Gasteiger charge is 2.50. The van der Waals surface area contributed by atoms with Crippen LogP contribution in [0.2, 0.25) is 0 Å². The van der Waals surface area contributed by atoms with E-state index in [1.807, 2.05) is 12.2 Å². The van der Waals surface area contributed by atoms with Gasteiger partial charge in [-0.15, -0.1) is 0 Å². The summed E-state index contributed by atoms with van der Waals surface area (Å²) in [5.74, 6) is -3.07. The van der Waals surface area contributed by atoms with Gasteiger partial charge in [-0.1, -0.05) is 24.3 Å². The topological polar surface area (TPSA) is 74.7 Å². The fourth-order valence-electron chi connectivity index (χ4n) is 3.34. The van der Waals surface area contributed by atoms with Crippen LogP contribution in [-0.4, -0.2) is 27.8 Å². The van der Waals surface area contributed by atoms with Gasteiger partial charge in [0.05, 0.1) is 24.3 Å². The number of allylic oxidation sites excluding steroid dienone is 2. The molecule has 23 heavy (non-hydrogen) atoms. The first-order valence-electron chi connectivity index (χ1n) is 7.48. The van der Waals surface area contributed by atoms with Crippen LogP contribution in [0.5, 0.6) is 0 Å². The monoisotopic (exact) mass is 317 g/mol. The fourth-order valence-corrected chi connectivity index (χ4v) is 3.34. The molecule has 6 heteroatoms. The first-order chi connectivity index (χ1) is 11.0. The summed E-state index contributed by atoms with van der Waals surface area (Å²) in [6.07, 6.45) is 4.35. The third kappa shape index (κ3) is 2.76. The van der Waals surface area contributed by atoms with Crippen LogP contribution in [-0.2, 0) is 14.4 Å². The summed E-state index contributed by atoms with van der Waals surface area (Å²) in [6, 6.07) is 4.33. The third-order valence-electron chi connectivity index (χ3n) is 4.48. The van der Waals surface area contributed by atoms with Crippen molar-refractivity contribution in [2.75, 3.05) is 0 Å². The van der Waals surface area contributed by atoms with Crippen molar-refractivity contribution in [1.82, 2.24) is 4.90 Å². The zero-order valence-corrected chi connectivity index (χ0v) is 12.3. The lowest BCUT2D eigenvalue weighted by Crippen LogP contribution is -2.36. The molecule has 1 aliphatic carbocycles. The molecule has 3 unspecified atom stereocenters. The normalized spacial score (nSPS) is 24.7. The van der Waals surface area contributed by atoms with Gasteiger partial charge in [0.1, 0.15) is 5.82 Å². The smallest absolute Gasteiger partial charge is 0.305 e. The van der Waals surface area contributed by atoms with Crippen LogP contribution in [0.3, 0.4) is 0 Å². The van der Waals surface area contributed by atoms with Gasteiger partial charge in [0.2, 0.25) is 11.8 Å². The van der Waals surface area contributed by atoms with E-state index in [-0.39, 0.29) is 11.8 Å². The predicted molar refractivity (Wildman–Crippen MR) is 78.6 cm³/mol. The first-order valence-corrected chi connectivity index (χ1v) is 7.48. The summed E-state index contributed by atoms with van der Waals surface area (Å²) in [6.45, 7) is 0. The Balaban J connectivity index is 1.96. The first kappa shape index (κ1) is 15.4. The van der Waals surface area contributed by atoms with Crippen LogP contribution >= 0.6 is 0 Å². The van der Waals surface area contributed by atoms with Crippen LogP contribution < -0.4 is 0 Å². The number of rotatable bonds is 4. The predicted octanol–water partition coefficient (Wildman–Crippen LogP) is 2.29. The van der Waals surface area contributed by atoms with Crippen molar-refractivity contribution in [2.24, 2.45) is 11.8 Å². The number of hydrogen-bond acceptors (Lipinski definition) is 3. The number of nitrogens with zero attached hydrogens (tertiary/aromatic N) is 1. The Morgan fingerprint density at radius 3 is 2.13 bits per heavy atom. The van der Waals surface area contributed by atoms with E-state index in [1.165, 1.54) is 24.3 Å². The lowest BCUT2D eigenvalue weighted by molar-refractivity contribution is -0.145. The van der Waals surface area contributed by atoms with Gasteiger partial charge in [0.15, 0.2) is 0 Å². The van der Waals surface area contributed by atoms with Gasteiger partial charge in [-0.3, -0.25) is 19.3 Å². The molecule has 0 radical (unpaired) electrons. The molecule has 0 aromatic heterocycles. The van der Waals surface area contributed by atoms with Crippen molar-refractivity contribution in [2.45, 2.75) is 25.3 Å². The maximum Gasteiger partial charge on any atom is 0.305 e. The molecule has 0 saturated carbocycles. The van der Waals surface area contributed by atoms with Crippen LogP contribution in [0.4, 0.5) is 4.39 Å². The quantitative estimate of drug-likeness (QED) is 0.683. The van der Waals surface area contributed by atoms with E-state index in [0.717, 1.165) is 4.90 Å². The molecular formula is C17H16FNO4. The lowest BCUT2D eigenvalue weighted by atomic mass is 9.85. The van der Waals surface area contributed by atoms with Crippen molar-refractivity contribution in [3.63, 3.8) is 0 Å². The number of halogens is 1. The zero-order valence-electron chi connectivity index (χ0n) is 12.3. The molecule has 1 N–H and O–H groups in total. The summed E-state index contributed by atoms with van der Waals surface area (Å²) < 4.78 is 13.1. The average Bonchev–Trinajstić information content (AvgIpc) is 2.78. The maximum absolute atomic E-state index is 13.1. The second-order valence-corrected chi connectivity index (χ2v) is 5.87. The van der Waals surface area contributed by atoms with Gasteiger partial charge in [0.25, 0.3) is 0 Å². The number of amides is 2. The van der Waals surface area contributed by atoms with Gasteiger partial charge in [-0.2, -0.15) is 0 Å². The van der Waals surface area contributed by atoms with E-state index in [9.17, 15) is 18.8 Å². The number of carboxylic acid groups (broad SMARTS) is 1. The number of benzene rings is 1. The number of carbonyl (C=O) groups is 3. The van der Waals surface area contributed by atoms with E-state index >= 15 is 0 Å². The highest BCUT2D eigenvalue weighted by Crippen LogP contribution is 2.40. The number of imide groups is 1. The molecule has 1 fully saturated rings. The summed E-state index contributed by atoms with van der Waals surface area (Å²) >= 11 is 0. The molecule has 1 saturated heterocycles. The molecule has 0 bridgehead atoms. The van der Waals surface area contributed by atoms with Crippen LogP contribution in [0.1, 0.15) is 30.9 Å². The summed E-state index contributed by atoms with van der Waals surface area (Å²) in [7, 11) is 0. The lowest BCUT2D eigenvalue weighted by Gasteiger charge is -2.26. The van der Waals surface area contributed by atoms with Gasteiger partial charge >= 0.3 is 5.97 Å². The molecule has 1 aromatic rings. The molecule has 1 aromatic carbocycles. The molecule has 2 amide bonds. The minimum absolute atomic E-state index is 0.333. The van der Waals surface area contributed by atoms with Gasteiger partial charge < -0.3 is 5.11 Å². The maximum atomic E-state index is 13.1. The molecule has 1 heterocycles. The van der Waals surface area contributed by atoms with Crippen molar-refractivity contribution in [3.8, 4) is 0 Å². The molecule has 0 spiro atoms. The van der Waals surface area contributed by atoms with E-state index in [2.05, 4.69) is 0 Å². The van der Waals surface area contributed by atoms with E-state index in [4.69, 9.17) is 5.11 Å². The Labute approximate surface area is 132 Å². The van der Waals surface area contributed by atoms with Crippen LogP contribution in [0.15, 0.2) is 36.4 Å². The SMILES string of the molecule is O=C(O)CC(c1ccc(F)cc1)N1C(=O)C2CC=CCC2C1=O. The Hall–Kier alpha value is -2.50. The second kappa shape index (κ2) is 5.95. The minimum atomic E-state index is -1.12. The zero-order chi connectivity index (χ0) is 16.6. The van der Waals surface area contributed by atoms with Crippen molar-refractivity contribution >= 4 is 17.8 Å². The summed E-state index contributed by atoms with van der Waals surface area (Å²) in [4.78, 5) is 37.5. The average molecular weight is 317 g/mol. The Kier molecular flexibility index (Phi) is 3.98. The molecule has 3 atom stereocenters. The highest BCUT2D eigenvalue weighted by molar-refractivity contribution is 6.06. The molecule has 1 aliphatic heterocycles. The van der Waals surface area contributed by atoms with Gasteiger partial charge in [-0.25, -0.2) is 4.39 Å². The third-order valence-corrected chi connectivity index (χ3v) is 4.48. The van der Waals surface area contributed by atoms with Crippen LogP contribution in [0.25, 0.3) is 0 Å². The fraction of sp³-hybridized carbons (Fsp3) is 0.353. The van der Waals surface area contributed by atoms with E-state index in [1.54, 1.807) is 0 Å². The summed E-state index contributed by atoms with van der Waals surface area (Å²) in [5, 5.41) is 9.16. The number of likely N-dealkylation sites (tertiary alicyclic amines) is 1. The molecule has 120 valence electrons. The van der Waals surface area contributed by atoms with Gasteiger partial charge in [0, 0.05) is 0 Å². The van der Waals surface area contributed by atoms with Crippen molar-refractivity contribution < 1.29 is 23.9 Å². The Bertz CT molecular complexity index is 656. The van der Waals surface area contributed by atoms with Gasteiger partial charge in [-0.05, 0) is 30.5 Å². The Morgan fingerprint density at radius 1 is 1.13 bits per heavy atom. The van der Waals surface area contributed by atoms with E-state index in [0.29, 0.717) is 18.4 Å². The number of hydrogen-bond donors (Lipinski definition) is 1. The van der Waals surface area contributed by atoms with Crippen molar-refractivity contribution in [3.05, 3.63) is 47.8 Å². The second-order valence-electron chi connectivity index (χ2n) is 5.87. The number of fused-ring (bicyclic) bond motifs is 1. The van der Waals surface area contributed by atoms with Crippen molar-refractivity contribution in [1.29, 1.82) is 0 Å². The molecule has 2 aliphatic rings. The molecular weight excluding hydrogens is 301 g/mol. The number of aliphatic carboxylic acids is 1. The largest absolute Gasteiger partial charge is 0.481 e. The number of carbonyl (C=O) groups excluding carboxylic acids is 2. The minimum Gasteiger partial charge on any atom is -0.481 e. The van der Waals surface area contributed by atoms with E-state index < -0.39 is 36.1 Å². The highest BCUT2D eigenvalue weighted by atomic mass is 19.1. The Morgan fingerprint density at radius 2 is 1.65 bits per heavy atom.